The van der Waals surface area contributed by atoms with E-state index in [1.54, 1.807) is 12.4 Å². The predicted octanol–water partition coefficient (Wildman–Crippen LogP) is 3.98. The maximum atomic E-state index is 12.0. The molecule has 0 radical (unpaired) electrons. The van der Waals surface area contributed by atoms with E-state index in [1.165, 1.54) is 0 Å². The van der Waals surface area contributed by atoms with Crippen LogP contribution in [0.1, 0.15) is 5.56 Å². The molecule has 0 saturated carbocycles. The zero-order valence-corrected chi connectivity index (χ0v) is 13.6. The quantitative estimate of drug-likeness (QED) is 0.670. The Balaban J connectivity index is 1.75. The molecule has 22 heavy (non-hydrogen) atoms. The monoisotopic (exact) mass is 405 g/mol. The van der Waals surface area contributed by atoms with Crippen LogP contribution in [0.3, 0.4) is 0 Å². The molecule has 2 aromatic carbocycles. The SMILES string of the molecule is O=C(Nc1c(I)ccc2nccnc12)OCc1ccccc1. The Hall–Kier alpha value is -2.22. The average Bonchev–Trinajstić information content (AvgIpc) is 2.56. The first-order valence-corrected chi connectivity index (χ1v) is 7.69. The first kappa shape index (κ1) is 14.7. The highest BCUT2D eigenvalue weighted by Gasteiger charge is 2.12. The van der Waals surface area contributed by atoms with Gasteiger partial charge in [0.05, 0.1) is 11.2 Å². The van der Waals surface area contributed by atoms with Gasteiger partial charge >= 0.3 is 6.09 Å². The second kappa shape index (κ2) is 6.69. The molecule has 110 valence electrons. The van der Waals surface area contributed by atoms with E-state index in [1.807, 2.05) is 42.5 Å². The summed E-state index contributed by atoms with van der Waals surface area (Å²) in [6.45, 7) is 0.222. The van der Waals surface area contributed by atoms with Crippen molar-refractivity contribution in [1.29, 1.82) is 0 Å². The lowest BCUT2D eigenvalue weighted by molar-refractivity contribution is 0.155. The van der Waals surface area contributed by atoms with Crippen molar-refractivity contribution in [1.82, 2.24) is 9.97 Å². The average molecular weight is 405 g/mol. The number of carbonyl (C=O) groups excluding carboxylic acids is 1. The molecule has 0 atom stereocenters. The summed E-state index contributed by atoms with van der Waals surface area (Å²) in [7, 11) is 0. The second-order valence-electron chi connectivity index (χ2n) is 4.53. The van der Waals surface area contributed by atoms with Crippen molar-refractivity contribution in [3.63, 3.8) is 0 Å². The maximum Gasteiger partial charge on any atom is 0.412 e. The third kappa shape index (κ3) is 3.33. The molecule has 0 aliphatic heterocycles. The molecule has 1 N–H and O–H groups in total. The number of hydrogen-bond donors (Lipinski definition) is 1. The van der Waals surface area contributed by atoms with Gasteiger partial charge in [0.15, 0.2) is 0 Å². The van der Waals surface area contributed by atoms with Crippen LogP contribution in [0.2, 0.25) is 0 Å². The van der Waals surface area contributed by atoms with Gasteiger partial charge in [0, 0.05) is 16.0 Å². The Morgan fingerprint density at radius 1 is 1.09 bits per heavy atom. The summed E-state index contributed by atoms with van der Waals surface area (Å²) in [6, 6.07) is 13.3. The van der Waals surface area contributed by atoms with Crippen LogP contribution in [-0.4, -0.2) is 16.1 Å². The van der Waals surface area contributed by atoms with Gasteiger partial charge in [0.2, 0.25) is 0 Å². The van der Waals surface area contributed by atoms with Crippen molar-refractivity contribution in [3.8, 4) is 0 Å². The zero-order valence-electron chi connectivity index (χ0n) is 11.5. The van der Waals surface area contributed by atoms with Crippen LogP contribution in [0.15, 0.2) is 54.9 Å². The number of carbonyl (C=O) groups is 1. The highest BCUT2D eigenvalue weighted by Crippen LogP contribution is 2.26. The van der Waals surface area contributed by atoms with E-state index in [0.29, 0.717) is 11.2 Å². The molecule has 5 nitrogen and oxygen atoms in total. The Morgan fingerprint density at radius 3 is 2.68 bits per heavy atom. The lowest BCUT2D eigenvalue weighted by atomic mass is 10.2. The molecule has 0 spiro atoms. The molecule has 1 amide bonds. The van der Waals surface area contributed by atoms with Gasteiger partial charge in [0.1, 0.15) is 12.1 Å². The molecule has 3 rings (SSSR count). The molecule has 3 aromatic rings. The maximum absolute atomic E-state index is 12.0. The van der Waals surface area contributed by atoms with Crippen LogP contribution >= 0.6 is 22.6 Å². The Morgan fingerprint density at radius 2 is 1.86 bits per heavy atom. The van der Waals surface area contributed by atoms with Gasteiger partial charge in [-0.2, -0.15) is 0 Å². The van der Waals surface area contributed by atoms with Gasteiger partial charge in [-0.05, 0) is 40.3 Å². The van der Waals surface area contributed by atoms with Crippen LogP contribution in [0, 0.1) is 3.57 Å². The third-order valence-corrected chi connectivity index (χ3v) is 3.93. The number of nitrogens with zero attached hydrogens (tertiary/aromatic N) is 2. The standard InChI is InChI=1S/C16H12IN3O2/c17-12-6-7-13-15(19-9-8-18-13)14(12)20-16(21)22-10-11-4-2-1-3-5-11/h1-9H,10H2,(H,20,21). The number of fused-ring (bicyclic) bond motifs is 1. The summed E-state index contributed by atoms with van der Waals surface area (Å²) < 4.78 is 6.11. The summed E-state index contributed by atoms with van der Waals surface area (Å²) in [5.41, 5.74) is 2.92. The number of ether oxygens (including phenoxy) is 1. The zero-order chi connectivity index (χ0) is 15.4. The van der Waals surface area contributed by atoms with Gasteiger partial charge in [0.25, 0.3) is 0 Å². The van der Waals surface area contributed by atoms with E-state index < -0.39 is 6.09 Å². The largest absolute Gasteiger partial charge is 0.444 e. The van der Waals surface area contributed by atoms with Crippen molar-refractivity contribution in [3.05, 3.63) is 64.0 Å². The van der Waals surface area contributed by atoms with Gasteiger partial charge in [-0.1, -0.05) is 30.3 Å². The summed E-state index contributed by atoms with van der Waals surface area (Å²) in [5, 5.41) is 2.75. The molecular formula is C16H12IN3O2. The van der Waals surface area contributed by atoms with Crippen molar-refractivity contribution >= 4 is 45.4 Å². The van der Waals surface area contributed by atoms with Gasteiger partial charge in [-0.25, -0.2) is 4.79 Å². The highest BCUT2D eigenvalue weighted by molar-refractivity contribution is 14.1. The van der Waals surface area contributed by atoms with E-state index in [-0.39, 0.29) is 6.61 Å². The molecule has 0 bridgehead atoms. The number of rotatable bonds is 3. The molecule has 0 aliphatic rings. The van der Waals surface area contributed by atoms with Crippen LogP contribution in [0.4, 0.5) is 10.5 Å². The summed E-state index contributed by atoms with van der Waals surface area (Å²) in [4.78, 5) is 20.5. The molecule has 6 heteroatoms. The number of aromatic nitrogens is 2. The van der Waals surface area contributed by atoms with Gasteiger partial charge in [-0.15, -0.1) is 0 Å². The third-order valence-electron chi connectivity index (χ3n) is 3.03. The first-order valence-electron chi connectivity index (χ1n) is 6.61. The summed E-state index contributed by atoms with van der Waals surface area (Å²) in [5.74, 6) is 0. The molecule has 0 unspecified atom stereocenters. The van der Waals surface area contributed by atoms with Crippen LogP contribution in [0.5, 0.6) is 0 Å². The van der Waals surface area contributed by atoms with E-state index in [4.69, 9.17) is 4.74 Å². The smallest absolute Gasteiger partial charge is 0.412 e. The van der Waals surface area contributed by atoms with Crippen molar-refractivity contribution in [2.75, 3.05) is 5.32 Å². The fourth-order valence-corrected chi connectivity index (χ4v) is 2.56. The number of anilines is 1. The summed E-state index contributed by atoms with van der Waals surface area (Å²) >= 11 is 2.14. The Kier molecular flexibility index (Phi) is 4.47. The van der Waals surface area contributed by atoms with E-state index in [2.05, 4.69) is 37.9 Å². The van der Waals surface area contributed by atoms with Crippen LogP contribution in [-0.2, 0) is 11.3 Å². The number of nitrogens with one attached hydrogen (secondary N) is 1. The fraction of sp³-hybridized carbons (Fsp3) is 0.0625. The number of halogens is 1. The number of benzene rings is 2. The molecule has 0 fully saturated rings. The van der Waals surface area contributed by atoms with Gasteiger partial charge < -0.3 is 4.74 Å². The highest BCUT2D eigenvalue weighted by atomic mass is 127. The summed E-state index contributed by atoms with van der Waals surface area (Å²) in [6.07, 6.45) is 2.70. The molecule has 0 aliphatic carbocycles. The van der Waals surface area contributed by atoms with Crippen molar-refractivity contribution in [2.24, 2.45) is 0 Å². The second-order valence-corrected chi connectivity index (χ2v) is 5.70. The van der Waals surface area contributed by atoms with Crippen LogP contribution in [0.25, 0.3) is 11.0 Å². The van der Waals surface area contributed by atoms with E-state index in [0.717, 1.165) is 14.7 Å². The van der Waals surface area contributed by atoms with E-state index >= 15 is 0 Å². The molecule has 1 aromatic heterocycles. The predicted molar refractivity (Wildman–Crippen MR) is 92.5 cm³/mol. The van der Waals surface area contributed by atoms with Crippen molar-refractivity contribution < 1.29 is 9.53 Å². The Bertz CT molecular complexity index is 809. The molecule has 1 heterocycles. The molecular weight excluding hydrogens is 393 g/mol. The first-order chi connectivity index (χ1) is 10.7. The topological polar surface area (TPSA) is 64.1 Å². The van der Waals surface area contributed by atoms with Gasteiger partial charge in [-0.3, -0.25) is 15.3 Å². The van der Waals surface area contributed by atoms with Crippen LogP contribution < -0.4 is 5.32 Å². The van der Waals surface area contributed by atoms with E-state index in [9.17, 15) is 4.79 Å². The Labute approximate surface area is 140 Å². The number of amides is 1. The lowest BCUT2D eigenvalue weighted by Crippen LogP contribution is -2.15. The minimum absolute atomic E-state index is 0.222. The minimum atomic E-state index is -0.514. The fourth-order valence-electron chi connectivity index (χ4n) is 1.99. The van der Waals surface area contributed by atoms with Crippen molar-refractivity contribution in [2.45, 2.75) is 6.61 Å². The minimum Gasteiger partial charge on any atom is -0.444 e. The number of hydrogen-bond acceptors (Lipinski definition) is 4. The normalized spacial score (nSPS) is 10.4. The lowest BCUT2D eigenvalue weighted by Gasteiger charge is -2.10. The molecule has 0 saturated heterocycles.